The predicted octanol–water partition coefficient (Wildman–Crippen LogP) is 2.77. The minimum absolute atomic E-state index is 0.00606. The lowest BCUT2D eigenvalue weighted by Crippen LogP contribution is -2.30. The molecule has 17 heavy (non-hydrogen) atoms. The molecule has 1 heterocycles. The van der Waals surface area contributed by atoms with Gasteiger partial charge in [-0.15, -0.1) is 0 Å². The van der Waals surface area contributed by atoms with E-state index in [1.54, 1.807) is 6.07 Å². The first-order chi connectivity index (χ1) is 8.20. The Balaban J connectivity index is 2.39. The standard InChI is InChI=1S/C13H18FNOS/c1-3-8-15-12-9-6-5-7-10(14)13(9)17(16)11(12)4-2/h5-7,11-12,15H,3-4,8H2,1-2H3. The van der Waals surface area contributed by atoms with E-state index >= 15 is 0 Å². The predicted molar refractivity (Wildman–Crippen MR) is 67.9 cm³/mol. The molecule has 1 aromatic carbocycles. The highest BCUT2D eigenvalue weighted by atomic mass is 32.2. The number of rotatable bonds is 4. The second-order valence-corrected chi connectivity index (χ2v) is 5.94. The van der Waals surface area contributed by atoms with Crippen molar-refractivity contribution >= 4 is 10.8 Å². The van der Waals surface area contributed by atoms with Crippen LogP contribution in [0.25, 0.3) is 0 Å². The molecule has 0 saturated heterocycles. The molecule has 4 heteroatoms. The molecule has 0 spiro atoms. The van der Waals surface area contributed by atoms with E-state index in [0.29, 0.717) is 4.90 Å². The third-order valence-electron chi connectivity index (χ3n) is 3.20. The Labute approximate surface area is 104 Å². The van der Waals surface area contributed by atoms with Gasteiger partial charge in [0.15, 0.2) is 0 Å². The highest BCUT2D eigenvalue weighted by Crippen LogP contribution is 2.39. The number of halogens is 1. The van der Waals surface area contributed by atoms with Gasteiger partial charge in [-0.05, 0) is 31.0 Å². The van der Waals surface area contributed by atoms with Crippen molar-refractivity contribution in [1.82, 2.24) is 5.32 Å². The smallest absolute Gasteiger partial charge is 0.139 e. The largest absolute Gasteiger partial charge is 0.309 e. The minimum atomic E-state index is -1.22. The normalized spacial score (nSPS) is 27.1. The molecule has 3 unspecified atom stereocenters. The van der Waals surface area contributed by atoms with Gasteiger partial charge in [0.2, 0.25) is 0 Å². The quantitative estimate of drug-likeness (QED) is 0.896. The van der Waals surface area contributed by atoms with Crippen molar-refractivity contribution in [2.24, 2.45) is 0 Å². The van der Waals surface area contributed by atoms with Crippen LogP contribution in [0.15, 0.2) is 23.1 Å². The Morgan fingerprint density at radius 3 is 2.82 bits per heavy atom. The monoisotopic (exact) mass is 255 g/mol. The van der Waals surface area contributed by atoms with Gasteiger partial charge in [-0.25, -0.2) is 4.39 Å². The first-order valence-electron chi connectivity index (χ1n) is 6.13. The van der Waals surface area contributed by atoms with Crippen LogP contribution in [0.4, 0.5) is 4.39 Å². The molecule has 0 bridgehead atoms. The lowest BCUT2D eigenvalue weighted by molar-refractivity contribution is 0.501. The van der Waals surface area contributed by atoms with Gasteiger partial charge < -0.3 is 5.32 Å². The van der Waals surface area contributed by atoms with E-state index in [4.69, 9.17) is 0 Å². The molecular weight excluding hydrogens is 237 g/mol. The van der Waals surface area contributed by atoms with E-state index in [2.05, 4.69) is 12.2 Å². The van der Waals surface area contributed by atoms with E-state index in [1.807, 2.05) is 13.0 Å². The van der Waals surface area contributed by atoms with Crippen LogP contribution in [0.2, 0.25) is 0 Å². The van der Waals surface area contributed by atoms with Crippen molar-refractivity contribution in [3.63, 3.8) is 0 Å². The molecular formula is C13H18FNOS. The van der Waals surface area contributed by atoms with Gasteiger partial charge in [0.05, 0.1) is 20.9 Å². The van der Waals surface area contributed by atoms with Crippen molar-refractivity contribution in [2.75, 3.05) is 6.54 Å². The Hall–Kier alpha value is -0.740. The van der Waals surface area contributed by atoms with Crippen molar-refractivity contribution in [3.05, 3.63) is 29.6 Å². The second kappa shape index (κ2) is 5.27. The van der Waals surface area contributed by atoms with E-state index in [0.717, 1.165) is 24.9 Å². The van der Waals surface area contributed by atoms with Gasteiger partial charge in [-0.1, -0.05) is 26.0 Å². The Kier molecular flexibility index (Phi) is 3.94. The SMILES string of the molecule is CCCNC1c2cccc(F)c2S(=O)C1CC. The summed E-state index contributed by atoms with van der Waals surface area (Å²) in [4.78, 5) is 0.410. The first-order valence-corrected chi connectivity index (χ1v) is 7.34. The van der Waals surface area contributed by atoms with E-state index in [-0.39, 0.29) is 17.1 Å². The molecule has 0 saturated carbocycles. The Morgan fingerprint density at radius 1 is 1.41 bits per heavy atom. The molecule has 0 aromatic heterocycles. The Bertz CT molecular complexity index is 435. The lowest BCUT2D eigenvalue weighted by atomic mass is 10.0. The van der Waals surface area contributed by atoms with Gasteiger partial charge in [-0.3, -0.25) is 4.21 Å². The summed E-state index contributed by atoms with van der Waals surface area (Å²) in [6, 6.07) is 5.01. The van der Waals surface area contributed by atoms with Crippen LogP contribution in [0, 0.1) is 5.82 Å². The van der Waals surface area contributed by atoms with Gasteiger partial charge in [0, 0.05) is 6.04 Å². The van der Waals surface area contributed by atoms with Crippen LogP contribution >= 0.6 is 0 Å². The molecule has 0 amide bonds. The molecule has 2 nitrogen and oxygen atoms in total. The van der Waals surface area contributed by atoms with Crippen molar-refractivity contribution in [3.8, 4) is 0 Å². The third-order valence-corrected chi connectivity index (χ3v) is 5.19. The average molecular weight is 255 g/mol. The fraction of sp³-hybridized carbons (Fsp3) is 0.538. The first kappa shape index (κ1) is 12.7. The zero-order valence-electron chi connectivity index (χ0n) is 10.2. The molecule has 0 radical (unpaired) electrons. The van der Waals surface area contributed by atoms with Crippen LogP contribution in [-0.4, -0.2) is 16.0 Å². The number of hydrogen-bond donors (Lipinski definition) is 1. The summed E-state index contributed by atoms with van der Waals surface area (Å²) in [6.07, 6.45) is 1.81. The fourth-order valence-corrected chi connectivity index (χ4v) is 4.17. The van der Waals surface area contributed by atoms with Crippen LogP contribution in [0.3, 0.4) is 0 Å². The van der Waals surface area contributed by atoms with E-state index < -0.39 is 10.8 Å². The molecule has 0 aliphatic carbocycles. The van der Waals surface area contributed by atoms with Crippen LogP contribution in [0.1, 0.15) is 38.3 Å². The Morgan fingerprint density at radius 2 is 2.18 bits per heavy atom. The van der Waals surface area contributed by atoms with Crippen molar-refractivity contribution < 1.29 is 8.60 Å². The number of fused-ring (bicyclic) bond motifs is 1. The van der Waals surface area contributed by atoms with Crippen LogP contribution in [0.5, 0.6) is 0 Å². The number of hydrogen-bond acceptors (Lipinski definition) is 2. The summed E-state index contributed by atoms with van der Waals surface area (Å²) < 4.78 is 26.0. The van der Waals surface area contributed by atoms with Gasteiger partial charge in [0.1, 0.15) is 5.82 Å². The zero-order chi connectivity index (χ0) is 12.4. The van der Waals surface area contributed by atoms with Gasteiger partial charge in [0.25, 0.3) is 0 Å². The number of benzene rings is 1. The topological polar surface area (TPSA) is 29.1 Å². The molecule has 3 atom stereocenters. The maximum atomic E-state index is 13.7. The van der Waals surface area contributed by atoms with E-state index in [1.165, 1.54) is 6.07 Å². The second-order valence-electron chi connectivity index (χ2n) is 4.33. The number of nitrogens with one attached hydrogen (secondary N) is 1. The highest BCUT2D eigenvalue weighted by Gasteiger charge is 2.38. The molecule has 94 valence electrons. The summed E-state index contributed by atoms with van der Waals surface area (Å²) in [6.45, 7) is 4.97. The summed E-state index contributed by atoms with van der Waals surface area (Å²) in [5, 5.41) is 3.38. The molecule has 1 aliphatic heterocycles. The van der Waals surface area contributed by atoms with E-state index in [9.17, 15) is 8.60 Å². The molecule has 1 aliphatic rings. The summed E-state index contributed by atoms with van der Waals surface area (Å²) in [5.41, 5.74) is 0.878. The molecule has 1 aromatic rings. The van der Waals surface area contributed by atoms with Crippen molar-refractivity contribution in [2.45, 2.75) is 42.9 Å². The van der Waals surface area contributed by atoms with Crippen LogP contribution in [-0.2, 0) is 10.8 Å². The lowest BCUT2D eigenvalue weighted by Gasteiger charge is -2.19. The maximum absolute atomic E-state index is 13.7. The highest BCUT2D eigenvalue weighted by molar-refractivity contribution is 7.86. The minimum Gasteiger partial charge on any atom is -0.309 e. The van der Waals surface area contributed by atoms with Crippen molar-refractivity contribution in [1.29, 1.82) is 0 Å². The molecule has 0 fully saturated rings. The fourth-order valence-electron chi connectivity index (χ4n) is 2.39. The van der Waals surface area contributed by atoms with Gasteiger partial charge >= 0.3 is 0 Å². The third kappa shape index (κ3) is 2.16. The van der Waals surface area contributed by atoms with Crippen LogP contribution < -0.4 is 5.32 Å². The molecule has 2 rings (SSSR count). The summed E-state index contributed by atoms with van der Waals surface area (Å²) >= 11 is 0. The maximum Gasteiger partial charge on any atom is 0.139 e. The summed E-state index contributed by atoms with van der Waals surface area (Å²) in [5.74, 6) is -0.333. The zero-order valence-corrected chi connectivity index (χ0v) is 11.0. The van der Waals surface area contributed by atoms with Gasteiger partial charge in [-0.2, -0.15) is 0 Å². The summed E-state index contributed by atoms with van der Waals surface area (Å²) in [7, 11) is -1.22. The molecule has 1 N–H and O–H groups in total. The average Bonchev–Trinajstić information content (AvgIpc) is 2.60.